The van der Waals surface area contributed by atoms with Gasteiger partial charge in [0.15, 0.2) is 17.3 Å². The van der Waals surface area contributed by atoms with Crippen molar-refractivity contribution in [2.24, 2.45) is 0 Å². The highest BCUT2D eigenvalue weighted by Gasteiger charge is 2.15. The molecule has 0 spiro atoms. The van der Waals surface area contributed by atoms with Crippen molar-refractivity contribution in [3.63, 3.8) is 0 Å². The number of carbonyl (C=O) groups is 1. The van der Waals surface area contributed by atoms with Crippen molar-refractivity contribution in [2.75, 3.05) is 13.2 Å². The summed E-state index contributed by atoms with van der Waals surface area (Å²) in [5, 5.41) is 4.28. The monoisotopic (exact) mass is 401 g/mol. The van der Waals surface area contributed by atoms with E-state index in [0.717, 1.165) is 6.42 Å². The molecule has 2 aromatic heterocycles. The van der Waals surface area contributed by atoms with Crippen LogP contribution in [0.5, 0.6) is 11.5 Å². The average molecular weight is 402 g/mol. The molecule has 7 nitrogen and oxygen atoms in total. The van der Waals surface area contributed by atoms with E-state index in [0.29, 0.717) is 52.5 Å². The highest BCUT2D eigenvalue weighted by Crippen LogP contribution is 2.38. The van der Waals surface area contributed by atoms with E-state index >= 15 is 0 Å². The Morgan fingerprint density at radius 1 is 1.21 bits per heavy atom. The Morgan fingerprint density at radius 3 is 2.96 bits per heavy atom. The van der Waals surface area contributed by atoms with Gasteiger partial charge in [-0.05, 0) is 35.9 Å². The zero-order valence-corrected chi connectivity index (χ0v) is 15.5. The molecular formula is C20H16ClNO6. The Bertz CT molecular complexity index is 992. The van der Waals surface area contributed by atoms with Crippen LogP contribution in [-0.2, 0) is 16.1 Å². The summed E-state index contributed by atoms with van der Waals surface area (Å²) in [6.07, 6.45) is 5.23. The van der Waals surface area contributed by atoms with Crippen molar-refractivity contribution in [2.45, 2.75) is 13.0 Å². The predicted molar refractivity (Wildman–Crippen MR) is 100 cm³/mol. The van der Waals surface area contributed by atoms with Gasteiger partial charge in [-0.15, -0.1) is 0 Å². The fraction of sp³-hybridized carbons (Fsp3) is 0.200. The first-order chi connectivity index (χ1) is 13.7. The van der Waals surface area contributed by atoms with Gasteiger partial charge in [0.2, 0.25) is 5.76 Å². The van der Waals surface area contributed by atoms with Crippen LogP contribution in [0.25, 0.3) is 17.6 Å². The largest absolute Gasteiger partial charge is 0.489 e. The number of fused-ring (bicyclic) bond motifs is 1. The van der Waals surface area contributed by atoms with Crippen LogP contribution in [0.3, 0.4) is 0 Å². The van der Waals surface area contributed by atoms with Crippen molar-refractivity contribution in [3.05, 3.63) is 59.0 Å². The van der Waals surface area contributed by atoms with Crippen molar-refractivity contribution in [1.82, 2.24) is 5.16 Å². The summed E-state index contributed by atoms with van der Waals surface area (Å²) in [5.74, 6) is 1.58. The normalized spacial score (nSPS) is 13.5. The van der Waals surface area contributed by atoms with Gasteiger partial charge in [0.1, 0.15) is 12.3 Å². The van der Waals surface area contributed by atoms with Crippen molar-refractivity contribution in [3.8, 4) is 23.0 Å². The van der Waals surface area contributed by atoms with Gasteiger partial charge in [-0.25, -0.2) is 4.79 Å². The molecule has 0 amide bonds. The Balaban J connectivity index is 1.37. The zero-order chi connectivity index (χ0) is 19.3. The molecule has 3 heterocycles. The molecule has 0 unspecified atom stereocenters. The molecule has 3 aromatic rings. The number of benzene rings is 1. The topological polar surface area (TPSA) is 83.9 Å². The molecule has 4 rings (SSSR count). The number of halogens is 1. The Labute approximate surface area is 165 Å². The van der Waals surface area contributed by atoms with Crippen LogP contribution in [0, 0.1) is 0 Å². The standard InChI is InChI=1S/C20H16ClNO6/c21-15-9-13(10-18-20(15)26-8-2-7-25-18)4-5-19(23)27-12-14-11-17(28-22-14)16-3-1-6-24-16/h1,3-6,9-11H,2,7-8,12H2/b5-4+. The van der Waals surface area contributed by atoms with Crippen molar-refractivity contribution in [1.29, 1.82) is 0 Å². The molecule has 0 saturated carbocycles. The van der Waals surface area contributed by atoms with Crippen LogP contribution in [-0.4, -0.2) is 24.3 Å². The summed E-state index contributed by atoms with van der Waals surface area (Å²) in [7, 11) is 0. The highest BCUT2D eigenvalue weighted by molar-refractivity contribution is 6.32. The van der Waals surface area contributed by atoms with Crippen molar-refractivity contribution < 1.29 is 27.9 Å². The lowest BCUT2D eigenvalue weighted by Crippen LogP contribution is -2.00. The number of ether oxygens (including phenoxy) is 3. The molecule has 0 bridgehead atoms. The van der Waals surface area contributed by atoms with E-state index in [9.17, 15) is 4.79 Å². The Hall–Kier alpha value is -3.19. The van der Waals surface area contributed by atoms with E-state index in [1.54, 1.807) is 36.4 Å². The van der Waals surface area contributed by atoms with Gasteiger partial charge < -0.3 is 23.2 Å². The lowest BCUT2D eigenvalue weighted by Gasteiger charge is -2.09. The molecule has 0 saturated heterocycles. The van der Waals surface area contributed by atoms with Crippen LogP contribution in [0.2, 0.25) is 5.02 Å². The fourth-order valence-electron chi connectivity index (χ4n) is 2.62. The molecular weight excluding hydrogens is 386 g/mol. The minimum atomic E-state index is -0.522. The number of furan rings is 1. The third kappa shape index (κ3) is 4.20. The van der Waals surface area contributed by atoms with Gasteiger partial charge in [-0.3, -0.25) is 0 Å². The summed E-state index contributed by atoms with van der Waals surface area (Å²) in [4.78, 5) is 12.0. The van der Waals surface area contributed by atoms with E-state index < -0.39 is 5.97 Å². The Kier molecular flexibility index (Phi) is 5.34. The molecule has 8 heteroatoms. The number of nitrogens with zero attached hydrogens (tertiary/aromatic N) is 1. The van der Waals surface area contributed by atoms with Crippen LogP contribution >= 0.6 is 11.6 Å². The number of aromatic nitrogens is 1. The molecule has 0 fully saturated rings. The molecule has 144 valence electrons. The second-order valence-corrected chi connectivity index (χ2v) is 6.39. The van der Waals surface area contributed by atoms with Gasteiger partial charge >= 0.3 is 5.97 Å². The number of carbonyl (C=O) groups excluding carboxylic acids is 1. The van der Waals surface area contributed by atoms with Crippen LogP contribution in [0.1, 0.15) is 17.7 Å². The zero-order valence-electron chi connectivity index (χ0n) is 14.7. The number of rotatable bonds is 5. The van der Waals surface area contributed by atoms with E-state index in [1.165, 1.54) is 12.3 Å². The number of esters is 1. The quantitative estimate of drug-likeness (QED) is 0.459. The maximum absolute atomic E-state index is 12.0. The minimum absolute atomic E-state index is 0.0186. The van der Waals surface area contributed by atoms with E-state index in [-0.39, 0.29) is 6.61 Å². The van der Waals surface area contributed by atoms with E-state index in [1.807, 2.05) is 0 Å². The maximum atomic E-state index is 12.0. The highest BCUT2D eigenvalue weighted by atomic mass is 35.5. The summed E-state index contributed by atoms with van der Waals surface area (Å²) in [6.45, 7) is 1.09. The molecule has 0 N–H and O–H groups in total. The summed E-state index contributed by atoms with van der Waals surface area (Å²) >= 11 is 6.24. The molecule has 1 aliphatic heterocycles. The summed E-state index contributed by atoms with van der Waals surface area (Å²) in [6, 6.07) is 8.61. The summed E-state index contributed by atoms with van der Waals surface area (Å²) in [5.41, 5.74) is 1.18. The molecule has 1 aromatic carbocycles. The predicted octanol–water partition coefficient (Wildman–Crippen LogP) is 4.51. The second kappa shape index (κ2) is 8.22. The van der Waals surface area contributed by atoms with Crippen LogP contribution in [0.4, 0.5) is 0 Å². The first-order valence-corrected chi connectivity index (χ1v) is 9.00. The van der Waals surface area contributed by atoms with Crippen LogP contribution < -0.4 is 9.47 Å². The van der Waals surface area contributed by atoms with Gasteiger partial charge in [-0.1, -0.05) is 16.8 Å². The van der Waals surface area contributed by atoms with Crippen LogP contribution in [0.15, 0.2) is 51.6 Å². The fourth-order valence-corrected chi connectivity index (χ4v) is 2.89. The number of hydrogen-bond acceptors (Lipinski definition) is 7. The first-order valence-electron chi connectivity index (χ1n) is 8.62. The van der Waals surface area contributed by atoms with E-state index in [4.69, 9.17) is 34.8 Å². The molecule has 0 radical (unpaired) electrons. The van der Waals surface area contributed by atoms with Gasteiger partial charge in [0, 0.05) is 18.6 Å². The molecule has 0 atom stereocenters. The SMILES string of the molecule is O=C(/C=C/c1cc(Cl)c2c(c1)OCCCO2)OCc1cc(-c2ccco2)on1. The second-order valence-electron chi connectivity index (χ2n) is 5.98. The minimum Gasteiger partial charge on any atom is -0.489 e. The third-order valence-electron chi connectivity index (χ3n) is 3.92. The van der Waals surface area contributed by atoms with Gasteiger partial charge in [-0.2, -0.15) is 0 Å². The average Bonchev–Trinajstić information content (AvgIpc) is 3.32. The first kappa shape index (κ1) is 18.2. The lowest BCUT2D eigenvalue weighted by atomic mass is 10.2. The molecule has 0 aliphatic carbocycles. The van der Waals surface area contributed by atoms with Gasteiger partial charge in [0.05, 0.1) is 24.5 Å². The maximum Gasteiger partial charge on any atom is 0.331 e. The van der Waals surface area contributed by atoms with Gasteiger partial charge in [0.25, 0.3) is 0 Å². The Morgan fingerprint density at radius 2 is 2.11 bits per heavy atom. The smallest absolute Gasteiger partial charge is 0.331 e. The molecule has 1 aliphatic rings. The van der Waals surface area contributed by atoms with E-state index in [2.05, 4.69) is 5.16 Å². The third-order valence-corrected chi connectivity index (χ3v) is 4.20. The van der Waals surface area contributed by atoms with Crippen molar-refractivity contribution >= 4 is 23.6 Å². The molecule has 28 heavy (non-hydrogen) atoms. The number of hydrogen-bond donors (Lipinski definition) is 0. The summed E-state index contributed by atoms with van der Waals surface area (Å²) < 4.78 is 26.8. The lowest BCUT2D eigenvalue weighted by molar-refractivity contribution is -0.139.